The van der Waals surface area contributed by atoms with Crippen LogP contribution >= 0.6 is 0 Å². The SMILES string of the molecule is CC1OCCC1NCc1ccnc(C#N)c1. The third kappa shape index (κ3) is 2.57. The number of hydrogen-bond acceptors (Lipinski definition) is 4. The van der Waals surface area contributed by atoms with Crippen LogP contribution in [0.3, 0.4) is 0 Å². The van der Waals surface area contributed by atoms with Crippen LogP contribution < -0.4 is 5.32 Å². The van der Waals surface area contributed by atoms with E-state index in [0.29, 0.717) is 11.7 Å². The zero-order chi connectivity index (χ0) is 11.4. The number of aromatic nitrogens is 1. The number of rotatable bonds is 3. The summed E-state index contributed by atoms with van der Waals surface area (Å²) >= 11 is 0. The monoisotopic (exact) mass is 217 g/mol. The van der Waals surface area contributed by atoms with E-state index in [1.165, 1.54) is 0 Å². The first-order valence-electron chi connectivity index (χ1n) is 5.49. The molecule has 1 saturated heterocycles. The summed E-state index contributed by atoms with van der Waals surface area (Å²) in [6, 6.07) is 6.19. The normalized spacial score (nSPS) is 24.2. The van der Waals surface area contributed by atoms with E-state index in [1.54, 1.807) is 6.20 Å². The van der Waals surface area contributed by atoms with Gasteiger partial charge in [0.05, 0.1) is 6.10 Å². The first-order chi connectivity index (χ1) is 7.79. The molecular weight excluding hydrogens is 202 g/mol. The van der Waals surface area contributed by atoms with Gasteiger partial charge in [0.15, 0.2) is 0 Å². The first-order valence-corrected chi connectivity index (χ1v) is 5.49. The van der Waals surface area contributed by atoms with Crippen LogP contribution in [0.25, 0.3) is 0 Å². The maximum atomic E-state index is 8.73. The Hall–Kier alpha value is -1.44. The predicted molar refractivity (Wildman–Crippen MR) is 59.6 cm³/mol. The summed E-state index contributed by atoms with van der Waals surface area (Å²) in [4.78, 5) is 3.94. The minimum atomic E-state index is 0.275. The van der Waals surface area contributed by atoms with Crippen LogP contribution in [0.5, 0.6) is 0 Å². The van der Waals surface area contributed by atoms with Crippen molar-refractivity contribution in [3.8, 4) is 6.07 Å². The first kappa shape index (κ1) is 11.1. The van der Waals surface area contributed by atoms with Gasteiger partial charge >= 0.3 is 0 Å². The van der Waals surface area contributed by atoms with E-state index in [2.05, 4.69) is 17.2 Å². The molecule has 1 aliphatic heterocycles. The fourth-order valence-electron chi connectivity index (χ4n) is 1.89. The fraction of sp³-hybridized carbons (Fsp3) is 0.500. The van der Waals surface area contributed by atoms with Gasteiger partial charge in [0.2, 0.25) is 0 Å². The van der Waals surface area contributed by atoms with Gasteiger partial charge in [-0.3, -0.25) is 0 Å². The maximum absolute atomic E-state index is 8.73. The van der Waals surface area contributed by atoms with Gasteiger partial charge in [0, 0.05) is 25.4 Å². The molecule has 0 amide bonds. The van der Waals surface area contributed by atoms with Gasteiger partial charge in [-0.05, 0) is 31.0 Å². The highest BCUT2D eigenvalue weighted by Crippen LogP contribution is 2.13. The van der Waals surface area contributed by atoms with Gasteiger partial charge in [-0.2, -0.15) is 5.26 Å². The molecule has 84 valence electrons. The van der Waals surface area contributed by atoms with Gasteiger partial charge in [-0.25, -0.2) is 4.98 Å². The Morgan fingerprint density at radius 3 is 3.25 bits per heavy atom. The van der Waals surface area contributed by atoms with Crippen molar-refractivity contribution in [1.82, 2.24) is 10.3 Å². The smallest absolute Gasteiger partial charge is 0.140 e. The molecule has 0 saturated carbocycles. The zero-order valence-electron chi connectivity index (χ0n) is 9.31. The molecule has 2 unspecified atom stereocenters. The molecule has 2 heterocycles. The maximum Gasteiger partial charge on any atom is 0.140 e. The second kappa shape index (κ2) is 5.06. The van der Waals surface area contributed by atoms with Crippen molar-refractivity contribution in [3.63, 3.8) is 0 Å². The molecular formula is C12H15N3O. The molecule has 2 rings (SSSR count). The van der Waals surface area contributed by atoms with Crippen LogP contribution in [0.2, 0.25) is 0 Å². The Morgan fingerprint density at radius 1 is 1.69 bits per heavy atom. The predicted octanol–water partition coefficient (Wildman–Crippen LogP) is 1.22. The molecule has 1 aromatic rings. The van der Waals surface area contributed by atoms with E-state index in [-0.39, 0.29) is 6.10 Å². The number of pyridine rings is 1. The number of nitrogens with one attached hydrogen (secondary N) is 1. The lowest BCUT2D eigenvalue weighted by Crippen LogP contribution is -2.34. The quantitative estimate of drug-likeness (QED) is 0.827. The Kier molecular flexibility index (Phi) is 3.50. The van der Waals surface area contributed by atoms with Gasteiger partial charge in [-0.1, -0.05) is 0 Å². The molecule has 1 N–H and O–H groups in total. The minimum Gasteiger partial charge on any atom is -0.377 e. The van der Waals surface area contributed by atoms with Crippen LogP contribution in [-0.4, -0.2) is 23.7 Å². The lowest BCUT2D eigenvalue weighted by molar-refractivity contribution is 0.113. The molecule has 0 spiro atoms. The van der Waals surface area contributed by atoms with Crippen molar-refractivity contribution in [2.45, 2.75) is 32.0 Å². The molecule has 4 nitrogen and oxygen atoms in total. The largest absolute Gasteiger partial charge is 0.377 e. The van der Waals surface area contributed by atoms with Gasteiger partial charge in [0.1, 0.15) is 11.8 Å². The van der Waals surface area contributed by atoms with E-state index in [9.17, 15) is 0 Å². The summed E-state index contributed by atoms with van der Waals surface area (Å²) in [5.41, 5.74) is 1.56. The fourth-order valence-corrected chi connectivity index (χ4v) is 1.89. The Labute approximate surface area is 95.3 Å². The van der Waals surface area contributed by atoms with E-state index in [1.807, 2.05) is 18.2 Å². The molecule has 16 heavy (non-hydrogen) atoms. The highest BCUT2D eigenvalue weighted by Gasteiger charge is 2.23. The molecule has 4 heteroatoms. The van der Waals surface area contributed by atoms with E-state index < -0.39 is 0 Å². The highest BCUT2D eigenvalue weighted by atomic mass is 16.5. The van der Waals surface area contributed by atoms with E-state index >= 15 is 0 Å². The van der Waals surface area contributed by atoms with E-state index in [4.69, 9.17) is 10.00 Å². The molecule has 0 bridgehead atoms. The summed E-state index contributed by atoms with van der Waals surface area (Å²) in [5.74, 6) is 0. The van der Waals surface area contributed by atoms with Gasteiger partial charge < -0.3 is 10.1 Å². The van der Waals surface area contributed by atoms with Crippen molar-refractivity contribution in [1.29, 1.82) is 5.26 Å². The van der Waals surface area contributed by atoms with E-state index in [0.717, 1.165) is 25.1 Å². The van der Waals surface area contributed by atoms with Crippen molar-refractivity contribution in [2.75, 3.05) is 6.61 Å². The standard InChI is InChI=1S/C12H15N3O/c1-9-12(3-5-16-9)15-8-10-2-4-14-11(6-10)7-13/h2,4,6,9,12,15H,3,5,8H2,1H3. The van der Waals surface area contributed by atoms with Crippen molar-refractivity contribution in [2.24, 2.45) is 0 Å². The third-order valence-corrected chi connectivity index (χ3v) is 2.88. The third-order valence-electron chi connectivity index (χ3n) is 2.88. The minimum absolute atomic E-state index is 0.275. The van der Waals surface area contributed by atoms with Gasteiger partial charge in [0.25, 0.3) is 0 Å². The number of nitrogens with zero attached hydrogens (tertiary/aromatic N) is 2. The zero-order valence-corrected chi connectivity index (χ0v) is 9.31. The lowest BCUT2D eigenvalue weighted by atomic mass is 10.1. The van der Waals surface area contributed by atoms with Gasteiger partial charge in [-0.15, -0.1) is 0 Å². The topological polar surface area (TPSA) is 57.9 Å². The molecule has 1 aliphatic rings. The Bertz CT molecular complexity index is 399. The van der Waals surface area contributed by atoms with Crippen molar-refractivity contribution < 1.29 is 4.74 Å². The van der Waals surface area contributed by atoms with Crippen molar-refractivity contribution in [3.05, 3.63) is 29.6 Å². The van der Waals surface area contributed by atoms with Crippen molar-refractivity contribution >= 4 is 0 Å². The number of ether oxygens (including phenoxy) is 1. The highest BCUT2D eigenvalue weighted by molar-refractivity contribution is 5.25. The Morgan fingerprint density at radius 2 is 2.56 bits per heavy atom. The molecule has 1 aromatic heterocycles. The summed E-state index contributed by atoms with van der Waals surface area (Å²) < 4.78 is 5.47. The Balaban J connectivity index is 1.92. The summed E-state index contributed by atoms with van der Waals surface area (Å²) in [7, 11) is 0. The van der Waals surface area contributed by atoms with Crippen LogP contribution in [0.15, 0.2) is 18.3 Å². The summed E-state index contributed by atoms with van der Waals surface area (Å²) in [5, 5.41) is 12.2. The molecule has 0 aromatic carbocycles. The second-order valence-corrected chi connectivity index (χ2v) is 4.01. The van der Waals surface area contributed by atoms with Crippen LogP contribution in [0.4, 0.5) is 0 Å². The summed E-state index contributed by atoms with van der Waals surface area (Å²) in [6.45, 7) is 3.67. The molecule has 0 aliphatic carbocycles. The van der Waals surface area contributed by atoms with Crippen LogP contribution in [0, 0.1) is 11.3 Å². The molecule has 1 fully saturated rings. The lowest BCUT2D eigenvalue weighted by Gasteiger charge is -2.15. The van der Waals surface area contributed by atoms with Crippen LogP contribution in [-0.2, 0) is 11.3 Å². The molecule has 0 radical (unpaired) electrons. The number of nitriles is 1. The van der Waals surface area contributed by atoms with Crippen LogP contribution in [0.1, 0.15) is 24.6 Å². The number of hydrogen-bond donors (Lipinski definition) is 1. The average molecular weight is 217 g/mol. The molecule has 2 atom stereocenters. The average Bonchev–Trinajstić information content (AvgIpc) is 2.72. The second-order valence-electron chi connectivity index (χ2n) is 4.01. The summed E-state index contributed by atoms with van der Waals surface area (Å²) in [6.07, 6.45) is 3.00.